The van der Waals surface area contributed by atoms with Crippen molar-refractivity contribution in [1.82, 2.24) is 9.38 Å². The van der Waals surface area contributed by atoms with E-state index in [9.17, 15) is 4.39 Å². The van der Waals surface area contributed by atoms with E-state index in [-0.39, 0.29) is 18.4 Å². The number of nitrogen functional groups attached to an aromatic ring is 1. The molecule has 3 heterocycles. The topological polar surface area (TPSA) is 101 Å². The molecule has 1 aliphatic heterocycles. The average Bonchev–Trinajstić information content (AvgIpc) is 3.14. The maximum absolute atomic E-state index is 14.6. The van der Waals surface area contributed by atoms with Crippen molar-refractivity contribution in [3.05, 3.63) is 42.1 Å². The van der Waals surface area contributed by atoms with Gasteiger partial charge in [0.15, 0.2) is 11.5 Å². The van der Waals surface area contributed by atoms with Gasteiger partial charge in [0.2, 0.25) is 0 Å². The van der Waals surface area contributed by atoms with E-state index in [1.807, 2.05) is 13.1 Å². The predicted octanol–water partition coefficient (Wildman–Crippen LogP) is 4.84. The summed E-state index contributed by atoms with van der Waals surface area (Å²) >= 11 is 0. The summed E-state index contributed by atoms with van der Waals surface area (Å²) in [6, 6.07) is 5.06. The fourth-order valence-corrected chi connectivity index (χ4v) is 3.83. The SMILES string of the molecule is COc1cc(-c2cc(F)c3nc(C)cn3c2)cc(N=NC2CCB(C#N)CC2)c1N. The molecule has 0 radical (unpaired) electrons. The highest BCUT2D eigenvalue weighted by molar-refractivity contribution is 6.67. The van der Waals surface area contributed by atoms with Crippen LogP contribution < -0.4 is 10.5 Å². The number of methoxy groups -OCH3 is 1. The van der Waals surface area contributed by atoms with Gasteiger partial charge in [0.05, 0.1) is 18.8 Å². The quantitative estimate of drug-likeness (QED) is 0.382. The number of pyridine rings is 1. The fourth-order valence-electron chi connectivity index (χ4n) is 3.83. The zero-order chi connectivity index (χ0) is 21.3. The molecule has 0 atom stereocenters. The highest BCUT2D eigenvalue weighted by atomic mass is 19.1. The Bertz CT molecular complexity index is 1160. The summed E-state index contributed by atoms with van der Waals surface area (Å²) in [4.78, 5) is 4.20. The molecule has 3 aromatic rings. The number of hydrogen-bond donors (Lipinski definition) is 1. The van der Waals surface area contributed by atoms with Crippen LogP contribution in [0.4, 0.5) is 15.8 Å². The first-order chi connectivity index (χ1) is 14.5. The van der Waals surface area contributed by atoms with Gasteiger partial charge in [-0.2, -0.15) is 10.2 Å². The number of hydrogen-bond acceptors (Lipinski definition) is 6. The molecule has 4 rings (SSSR count). The van der Waals surface area contributed by atoms with E-state index in [1.54, 1.807) is 22.7 Å². The smallest absolute Gasteiger partial charge is 0.268 e. The number of azo groups is 1. The lowest BCUT2D eigenvalue weighted by Gasteiger charge is -2.18. The van der Waals surface area contributed by atoms with Gasteiger partial charge in [0, 0.05) is 23.9 Å². The van der Waals surface area contributed by atoms with Crippen LogP contribution in [0.25, 0.3) is 16.8 Å². The second kappa shape index (κ2) is 8.15. The first kappa shape index (κ1) is 19.9. The van der Waals surface area contributed by atoms with Gasteiger partial charge in [0.25, 0.3) is 6.71 Å². The Balaban J connectivity index is 1.69. The van der Waals surface area contributed by atoms with Crippen molar-refractivity contribution in [3.63, 3.8) is 0 Å². The van der Waals surface area contributed by atoms with Gasteiger partial charge in [-0.1, -0.05) is 12.6 Å². The normalized spacial score (nSPS) is 15.1. The standard InChI is InChI=1S/C21H22BFN6O/c1-13-10-29-11-15(7-17(23)21(29)26-13)14-8-18(20(25)19(9-14)30-2)28-27-16-3-5-22(12-24)6-4-16/h7-11,16H,3-6,25H2,1-2H3. The van der Waals surface area contributed by atoms with Crippen LogP contribution in [0.3, 0.4) is 0 Å². The van der Waals surface area contributed by atoms with Crippen LogP contribution in [0, 0.1) is 24.0 Å². The van der Waals surface area contributed by atoms with Gasteiger partial charge < -0.3 is 14.9 Å². The van der Waals surface area contributed by atoms with E-state index in [1.165, 1.54) is 13.2 Å². The van der Waals surface area contributed by atoms with E-state index in [4.69, 9.17) is 15.7 Å². The third kappa shape index (κ3) is 3.86. The number of ether oxygens (including phenoxy) is 1. The Morgan fingerprint density at radius 3 is 2.73 bits per heavy atom. The maximum atomic E-state index is 14.6. The van der Waals surface area contributed by atoms with Crippen LogP contribution >= 0.6 is 0 Å². The average molecular weight is 404 g/mol. The first-order valence-electron chi connectivity index (χ1n) is 9.91. The summed E-state index contributed by atoms with van der Waals surface area (Å²) in [5.41, 5.74) is 9.47. The largest absolute Gasteiger partial charge is 0.494 e. The van der Waals surface area contributed by atoms with Gasteiger partial charge in [-0.05, 0) is 43.5 Å². The Morgan fingerprint density at radius 1 is 1.27 bits per heavy atom. The molecule has 0 aliphatic carbocycles. The third-order valence-electron chi connectivity index (χ3n) is 5.51. The molecule has 1 aliphatic rings. The molecular weight excluding hydrogens is 382 g/mol. The zero-order valence-electron chi connectivity index (χ0n) is 17.0. The number of aromatic nitrogens is 2. The van der Waals surface area contributed by atoms with Crippen molar-refractivity contribution in [2.45, 2.75) is 38.4 Å². The van der Waals surface area contributed by atoms with Gasteiger partial charge in [-0.15, -0.1) is 0 Å². The number of halogens is 1. The van der Waals surface area contributed by atoms with Crippen molar-refractivity contribution in [2.24, 2.45) is 10.2 Å². The number of fused-ring (bicyclic) bond motifs is 1. The lowest BCUT2D eigenvalue weighted by atomic mass is 9.42. The van der Waals surface area contributed by atoms with Crippen LogP contribution in [0.5, 0.6) is 5.75 Å². The number of nitrogens with zero attached hydrogens (tertiary/aromatic N) is 5. The minimum absolute atomic E-state index is 0.0753. The lowest BCUT2D eigenvalue weighted by Crippen LogP contribution is -2.21. The Morgan fingerprint density at radius 2 is 2.03 bits per heavy atom. The van der Waals surface area contributed by atoms with Crippen LogP contribution in [0.15, 0.2) is 40.8 Å². The van der Waals surface area contributed by atoms with E-state index in [0.29, 0.717) is 22.7 Å². The van der Waals surface area contributed by atoms with E-state index >= 15 is 0 Å². The van der Waals surface area contributed by atoms with E-state index < -0.39 is 5.82 Å². The molecule has 1 saturated heterocycles. The molecule has 2 aromatic heterocycles. The molecule has 0 amide bonds. The molecule has 9 heteroatoms. The van der Waals surface area contributed by atoms with Crippen molar-refractivity contribution in [3.8, 4) is 22.8 Å². The third-order valence-corrected chi connectivity index (χ3v) is 5.51. The molecule has 2 N–H and O–H groups in total. The molecule has 30 heavy (non-hydrogen) atoms. The van der Waals surface area contributed by atoms with Gasteiger partial charge >= 0.3 is 0 Å². The van der Waals surface area contributed by atoms with Crippen LogP contribution in [0.2, 0.25) is 12.6 Å². The lowest BCUT2D eigenvalue weighted by molar-refractivity contribution is 0.417. The van der Waals surface area contributed by atoms with Gasteiger partial charge in [0.1, 0.15) is 17.1 Å². The van der Waals surface area contributed by atoms with Crippen molar-refractivity contribution < 1.29 is 9.13 Å². The van der Waals surface area contributed by atoms with Crippen molar-refractivity contribution >= 4 is 23.7 Å². The maximum Gasteiger partial charge on any atom is 0.268 e. The predicted molar refractivity (Wildman–Crippen MR) is 115 cm³/mol. The van der Waals surface area contributed by atoms with Gasteiger partial charge in [-0.25, -0.2) is 14.6 Å². The number of aryl methyl sites for hydroxylation is 1. The highest BCUT2D eigenvalue weighted by Crippen LogP contribution is 2.38. The van der Waals surface area contributed by atoms with E-state index in [2.05, 4.69) is 21.2 Å². The number of nitriles is 1. The Hall–Kier alpha value is -3.41. The Labute approximate surface area is 174 Å². The van der Waals surface area contributed by atoms with Crippen LogP contribution in [0.1, 0.15) is 18.5 Å². The molecule has 152 valence electrons. The number of benzene rings is 1. The second-order valence-electron chi connectivity index (χ2n) is 7.65. The monoisotopic (exact) mass is 404 g/mol. The number of anilines is 1. The van der Waals surface area contributed by atoms with Crippen molar-refractivity contribution in [1.29, 1.82) is 5.26 Å². The van der Waals surface area contributed by atoms with Gasteiger partial charge in [-0.3, -0.25) is 0 Å². The summed E-state index contributed by atoms with van der Waals surface area (Å²) in [6.45, 7) is 1.93. The molecule has 1 fully saturated rings. The zero-order valence-corrected chi connectivity index (χ0v) is 17.0. The summed E-state index contributed by atoms with van der Waals surface area (Å²) in [5, 5.41) is 17.9. The molecule has 0 saturated carbocycles. The highest BCUT2D eigenvalue weighted by Gasteiger charge is 2.24. The molecular formula is C21H22BFN6O. The number of nitrogens with two attached hydrogens (primary N) is 1. The number of imidazole rings is 1. The van der Waals surface area contributed by atoms with Crippen molar-refractivity contribution in [2.75, 3.05) is 12.8 Å². The van der Waals surface area contributed by atoms with Crippen LogP contribution in [-0.2, 0) is 0 Å². The molecule has 0 spiro atoms. The second-order valence-corrected chi connectivity index (χ2v) is 7.65. The molecule has 0 unspecified atom stereocenters. The molecule has 0 bridgehead atoms. The Kier molecular flexibility index (Phi) is 5.40. The minimum Gasteiger partial charge on any atom is -0.494 e. The summed E-state index contributed by atoms with van der Waals surface area (Å²) < 4.78 is 21.6. The minimum atomic E-state index is -0.408. The molecule has 7 nitrogen and oxygen atoms in total. The van der Waals surface area contributed by atoms with E-state index in [0.717, 1.165) is 36.7 Å². The fraction of sp³-hybridized carbons (Fsp3) is 0.333. The summed E-state index contributed by atoms with van der Waals surface area (Å²) in [7, 11) is 1.53. The summed E-state index contributed by atoms with van der Waals surface area (Å²) in [6.07, 6.45) is 6.92. The first-order valence-corrected chi connectivity index (χ1v) is 9.91. The van der Waals surface area contributed by atoms with Crippen LogP contribution in [-0.4, -0.2) is 29.2 Å². The number of rotatable bonds is 4. The molecule has 1 aromatic carbocycles. The summed E-state index contributed by atoms with van der Waals surface area (Å²) in [5.74, 6) is 2.37.